The smallest absolute Gasteiger partial charge is 0.259 e. The third-order valence-corrected chi connectivity index (χ3v) is 8.67. The monoisotopic (exact) mass is 563 g/mol. The van der Waals surface area contributed by atoms with Crippen molar-refractivity contribution in [1.29, 1.82) is 0 Å². The molecule has 0 spiro atoms. The van der Waals surface area contributed by atoms with Crippen molar-refractivity contribution >= 4 is 28.5 Å². The van der Waals surface area contributed by atoms with Crippen molar-refractivity contribution in [3.8, 4) is 22.4 Å². The van der Waals surface area contributed by atoms with Gasteiger partial charge in [0.15, 0.2) is 0 Å². The van der Waals surface area contributed by atoms with E-state index >= 15 is 8.78 Å². The summed E-state index contributed by atoms with van der Waals surface area (Å²) in [6.07, 6.45) is 1.71. The second-order valence-electron chi connectivity index (χ2n) is 10.3. The van der Waals surface area contributed by atoms with Crippen LogP contribution in [0.25, 0.3) is 33.4 Å². The van der Waals surface area contributed by atoms with Crippen molar-refractivity contribution in [2.24, 2.45) is 0 Å². The molecular weight excluding hydrogens is 532 g/mol. The van der Waals surface area contributed by atoms with Crippen LogP contribution in [-0.4, -0.2) is 87.8 Å². The average Bonchev–Trinajstić information content (AvgIpc) is 2.97. The Bertz CT molecular complexity index is 1520. The van der Waals surface area contributed by atoms with Gasteiger partial charge in [0.05, 0.1) is 28.5 Å². The van der Waals surface area contributed by atoms with Crippen molar-refractivity contribution in [2.75, 3.05) is 62.7 Å². The third-order valence-electron chi connectivity index (χ3n) is 7.72. The molecule has 10 heteroatoms. The van der Waals surface area contributed by atoms with Crippen molar-refractivity contribution < 1.29 is 19.0 Å². The molecule has 2 aliphatic heterocycles. The molecule has 40 heavy (non-hydrogen) atoms. The molecule has 3 aromatic carbocycles. The van der Waals surface area contributed by atoms with Crippen LogP contribution in [0.1, 0.15) is 5.56 Å². The van der Waals surface area contributed by atoms with Crippen molar-refractivity contribution in [2.45, 2.75) is 5.91 Å². The molecular formula is C30H31F2N5O2S. The maximum atomic E-state index is 15.4. The summed E-state index contributed by atoms with van der Waals surface area (Å²) in [5.74, 6) is -3.49. The molecule has 6 rings (SSSR count). The van der Waals surface area contributed by atoms with E-state index in [4.69, 9.17) is 4.98 Å². The number of fused-ring (bicyclic) bond motifs is 1. The lowest BCUT2D eigenvalue weighted by Gasteiger charge is -2.37. The Morgan fingerprint density at radius 2 is 1.55 bits per heavy atom. The Morgan fingerprint density at radius 3 is 2.27 bits per heavy atom. The minimum absolute atomic E-state index is 0.243. The molecule has 0 amide bonds. The summed E-state index contributed by atoms with van der Waals surface area (Å²) in [4.78, 5) is 15.4. The first-order valence-electron chi connectivity index (χ1n) is 13.4. The standard InChI is InChI=1S/C30H31F2N5O2S/c1-35-8-10-36(11-9-35)22-5-2-4-20(16-22)27-19-33-26-7-3-6-23(29(26)34-27)21-17-24(31)28(25(32)18-21)30(38,39)37-12-14-40-15-13-37/h2-7,16-19,38-39H,8-15H2,1H3. The van der Waals surface area contributed by atoms with E-state index in [1.807, 2.05) is 12.1 Å². The van der Waals surface area contributed by atoms with Gasteiger partial charge < -0.3 is 20.0 Å². The predicted octanol–water partition coefficient (Wildman–Crippen LogP) is 4.14. The molecule has 208 valence electrons. The molecule has 0 aliphatic carbocycles. The van der Waals surface area contributed by atoms with Crippen molar-refractivity contribution in [3.05, 3.63) is 78.0 Å². The lowest BCUT2D eigenvalue weighted by Crippen LogP contribution is -2.50. The average molecular weight is 564 g/mol. The van der Waals surface area contributed by atoms with Gasteiger partial charge in [-0.1, -0.05) is 24.3 Å². The highest BCUT2D eigenvalue weighted by molar-refractivity contribution is 7.99. The number of nitrogens with zero attached hydrogens (tertiary/aromatic N) is 5. The van der Waals surface area contributed by atoms with Gasteiger partial charge in [0.25, 0.3) is 5.91 Å². The van der Waals surface area contributed by atoms with Gasteiger partial charge in [-0.15, -0.1) is 0 Å². The minimum atomic E-state index is -2.74. The number of aliphatic hydroxyl groups is 2. The van der Waals surface area contributed by atoms with Gasteiger partial charge in [-0.3, -0.25) is 4.98 Å². The van der Waals surface area contributed by atoms with Crippen molar-refractivity contribution in [3.63, 3.8) is 0 Å². The molecule has 3 heterocycles. The summed E-state index contributed by atoms with van der Waals surface area (Å²) in [5.41, 5.74) is 3.74. The Balaban J connectivity index is 1.37. The number of halogens is 2. The normalized spacial score (nSPS) is 17.5. The number of piperazine rings is 1. The largest absolute Gasteiger partial charge is 0.369 e. The number of benzene rings is 3. The van der Waals surface area contributed by atoms with Gasteiger partial charge in [-0.05, 0) is 42.9 Å². The van der Waals surface area contributed by atoms with E-state index in [2.05, 4.69) is 34.0 Å². The zero-order chi connectivity index (χ0) is 27.9. The first-order valence-corrected chi connectivity index (χ1v) is 14.5. The molecule has 2 saturated heterocycles. The zero-order valence-corrected chi connectivity index (χ0v) is 23.0. The zero-order valence-electron chi connectivity index (χ0n) is 22.2. The van der Waals surface area contributed by atoms with E-state index in [1.54, 1.807) is 36.2 Å². The summed E-state index contributed by atoms with van der Waals surface area (Å²) >= 11 is 1.66. The maximum Gasteiger partial charge on any atom is 0.259 e. The number of thioether (sulfide) groups is 1. The van der Waals surface area contributed by atoms with Crippen LogP contribution in [0.2, 0.25) is 0 Å². The van der Waals surface area contributed by atoms with Crippen LogP contribution in [0, 0.1) is 11.6 Å². The molecule has 2 aliphatic rings. The molecule has 0 saturated carbocycles. The maximum absolute atomic E-state index is 15.4. The highest BCUT2D eigenvalue weighted by atomic mass is 32.2. The van der Waals surface area contributed by atoms with E-state index < -0.39 is 23.1 Å². The van der Waals surface area contributed by atoms with Gasteiger partial charge in [-0.2, -0.15) is 11.8 Å². The second kappa shape index (κ2) is 11.0. The van der Waals surface area contributed by atoms with Gasteiger partial charge in [0.2, 0.25) is 0 Å². The SMILES string of the molecule is CN1CCN(c2cccc(-c3cnc4cccc(-c5cc(F)c(C(O)(O)N6CCSCC6)c(F)c5)c4n3)c2)CC1. The third kappa shape index (κ3) is 5.17. The highest BCUT2D eigenvalue weighted by Crippen LogP contribution is 2.35. The molecule has 1 aromatic heterocycles. The number of anilines is 1. The summed E-state index contributed by atoms with van der Waals surface area (Å²) < 4.78 is 30.8. The predicted molar refractivity (Wildman–Crippen MR) is 155 cm³/mol. The van der Waals surface area contributed by atoms with Gasteiger partial charge >= 0.3 is 0 Å². The van der Waals surface area contributed by atoms with Gasteiger partial charge in [-0.25, -0.2) is 18.7 Å². The number of likely N-dealkylation sites (N-methyl/N-ethyl adjacent to an activating group) is 1. The van der Waals surface area contributed by atoms with Crippen LogP contribution >= 0.6 is 11.8 Å². The fraction of sp³-hybridized carbons (Fsp3) is 0.333. The number of hydrogen-bond acceptors (Lipinski definition) is 8. The van der Waals surface area contributed by atoms with E-state index in [0.717, 1.165) is 49.6 Å². The molecule has 4 aromatic rings. The quantitative estimate of drug-likeness (QED) is 0.351. The molecule has 2 N–H and O–H groups in total. The fourth-order valence-corrected chi connectivity index (χ4v) is 6.32. The Morgan fingerprint density at radius 1 is 0.850 bits per heavy atom. The lowest BCUT2D eigenvalue weighted by molar-refractivity contribution is -0.276. The minimum Gasteiger partial charge on any atom is -0.369 e. The summed E-state index contributed by atoms with van der Waals surface area (Å²) in [7, 11) is 2.12. The second-order valence-corrected chi connectivity index (χ2v) is 11.5. The van der Waals surface area contributed by atoms with E-state index in [1.165, 1.54) is 4.90 Å². The van der Waals surface area contributed by atoms with Crippen LogP contribution in [0.5, 0.6) is 0 Å². The van der Waals surface area contributed by atoms with Crippen molar-refractivity contribution in [1.82, 2.24) is 19.8 Å². The number of aromatic nitrogens is 2. The fourth-order valence-electron chi connectivity index (χ4n) is 5.41. The lowest BCUT2D eigenvalue weighted by atomic mass is 9.99. The summed E-state index contributed by atoms with van der Waals surface area (Å²) in [6.45, 7) is 4.52. The molecule has 0 unspecified atom stereocenters. The van der Waals surface area contributed by atoms with E-state index in [-0.39, 0.29) is 5.56 Å². The topological polar surface area (TPSA) is 76.0 Å². The molecule has 0 bridgehead atoms. The molecule has 2 fully saturated rings. The van der Waals surface area contributed by atoms with Crippen LogP contribution in [-0.2, 0) is 5.91 Å². The van der Waals surface area contributed by atoms with Gasteiger partial charge in [0, 0.05) is 67.6 Å². The Kier molecular flexibility index (Phi) is 7.45. The molecule has 0 atom stereocenters. The van der Waals surface area contributed by atoms with Crippen LogP contribution in [0.15, 0.2) is 60.8 Å². The number of para-hydroxylation sites is 1. The van der Waals surface area contributed by atoms with E-state index in [9.17, 15) is 10.2 Å². The van der Waals surface area contributed by atoms with E-state index in [0.29, 0.717) is 46.9 Å². The highest BCUT2D eigenvalue weighted by Gasteiger charge is 2.40. The van der Waals surface area contributed by atoms with Crippen LogP contribution in [0.4, 0.5) is 14.5 Å². The number of hydrogen-bond donors (Lipinski definition) is 2. The first kappa shape index (κ1) is 27.0. The Hall–Kier alpha value is -3.15. The van der Waals surface area contributed by atoms with Crippen LogP contribution < -0.4 is 4.90 Å². The summed E-state index contributed by atoms with van der Waals surface area (Å²) in [6, 6.07) is 15.7. The Labute approximate surface area is 236 Å². The summed E-state index contributed by atoms with van der Waals surface area (Å²) in [5, 5.41) is 21.5. The first-order chi connectivity index (χ1) is 19.3. The number of rotatable bonds is 5. The molecule has 0 radical (unpaired) electrons. The van der Waals surface area contributed by atoms with Crippen LogP contribution in [0.3, 0.4) is 0 Å². The van der Waals surface area contributed by atoms with Gasteiger partial charge in [0.1, 0.15) is 11.6 Å². The molecule has 7 nitrogen and oxygen atoms in total.